The first kappa shape index (κ1) is 10.4. The summed E-state index contributed by atoms with van der Waals surface area (Å²) in [6.45, 7) is 3.89. The monoisotopic (exact) mass is 206 g/mol. The van der Waals surface area contributed by atoms with Crippen LogP contribution >= 0.6 is 0 Å². The van der Waals surface area contributed by atoms with E-state index in [2.05, 4.69) is 23.3 Å². The molecule has 1 aromatic heterocycles. The molecule has 15 heavy (non-hydrogen) atoms. The van der Waals surface area contributed by atoms with Crippen molar-refractivity contribution in [3.05, 3.63) is 23.9 Å². The zero-order valence-electron chi connectivity index (χ0n) is 9.20. The third-order valence-corrected chi connectivity index (χ3v) is 2.83. The quantitative estimate of drug-likeness (QED) is 0.823. The lowest BCUT2D eigenvalue weighted by atomic mass is 10.1. The van der Waals surface area contributed by atoms with Crippen molar-refractivity contribution in [2.45, 2.75) is 32.2 Å². The predicted molar refractivity (Wildman–Crippen MR) is 61.1 cm³/mol. The molecule has 1 saturated heterocycles. The van der Waals surface area contributed by atoms with E-state index in [1.54, 1.807) is 0 Å². The van der Waals surface area contributed by atoms with E-state index in [-0.39, 0.29) is 0 Å². The Morgan fingerprint density at radius 2 is 2.27 bits per heavy atom. The number of ether oxygens (including phenoxy) is 1. The lowest BCUT2D eigenvalue weighted by molar-refractivity contribution is 0.0903. The maximum Gasteiger partial charge on any atom is 0.129 e. The highest BCUT2D eigenvalue weighted by Crippen LogP contribution is 2.17. The summed E-state index contributed by atoms with van der Waals surface area (Å²) < 4.78 is 5.33. The van der Waals surface area contributed by atoms with Crippen LogP contribution in [0.15, 0.2) is 18.3 Å². The van der Waals surface area contributed by atoms with Gasteiger partial charge in [-0.3, -0.25) is 0 Å². The first-order chi connectivity index (χ1) is 7.40. The van der Waals surface area contributed by atoms with Crippen LogP contribution in [0.5, 0.6) is 0 Å². The fourth-order valence-corrected chi connectivity index (χ4v) is 1.89. The van der Waals surface area contributed by atoms with E-state index >= 15 is 0 Å². The Morgan fingerprint density at radius 3 is 3.00 bits per heavy atom. The summed E-state index contributed by atoms with van der Waals surface area (Å²) >= 11 is 0. The molecule has 1 aliphatic heterocycles. The molecule has 2 heterocycles. The highest BCUT2D eigenvalue weighted by Gasteiger charge is 2.14. The Kier molecular flexibility index (Phi) is 3.56. The minimum atomic E-state index is 0.527. The highest BCUT2D eigenvalue weighted by atomic mass is 16.5. The highest BCUT2D eigenvalue weighted by molar-refractivity contribution is 5.44. The van der Waals surface area contributed by atoms with E-state index in [0.717, 1.165) is 38.3 Å². The summed E-state index contributed by atoms with van der Waals surface area (Å²) in [6.07, 6.45) is 5.04. The number of nitrogens with zero attached hydrogens (tertiary/aromatic N) is 1. The number of hydrogen-bond acceptors (Lipinski definition) is 3. The van der Waals surface area contributed by atoms with E-state index in [9.17, 15) is 0 Å². The molecule has 0 unspecified atom stereocenters. The molecule has 1 aromatic rings. The Balaban J connectivity index is 2.02. The average molecular weight is 206 g/mol. The fourth-order valence-electron chi connectivity index (χ4n) is 1.89. The number of aryl methyl sites for hydroxylation is 1. The molecule has 1 fully saturated rings. The number of anilines is 1. The van der Waals surface area contributed by atoms with Gasteiger partial charge in [0.2, 0.25) is 0 Å². The molecule has 0 aromatic carbocycles. The zero-order chi connectivity index (χ0) is 10.5. The molecule has 2 rings (SSSR count). The zero-order valence-corrected chi connectivity index (χ0v) is 9.20. The minimum Gasteiger partial charge on any atom is -0.381 e. The van der Waals surface area contributed by atoms with Crippen molar-refractivity contribution in [2.75, 3.05) is 18.5 Å². The second-order valence-corrected chi connectivity index (χ2v) is 3.90. The van der Waals surface area contributed by atoms with Gasteiger partial charge in [-0.05, 0) is 30.9 Å². The lowest BCUT2D eigenvalue weighted by Gasteiger charge is -2.24. The van der Waals surface area contributed by atoms with Crippen molar-refractivity contribution in [3.8, 4) is 0 Å². The average Bonchev–Trinajstić information content (AvgIpc) is 2.31. The van der Waals surface area contributed by atoms with Crippen LogP contribution in [0.2, 0.25) is 0 Å². The topological polar surface area (TPSA) is 34.2 Å². The third kappa shape index (κ3) is 2.69. The molecule has 82 valence electrons. The molecule has 1 aliphatic rings. The SMILES string of the molecule is CCc1cccnc1NC1CCOCC1. The van der Waals surface area contributed by atoms with Gasteiger partial charge in [-0.1, -0.05) is 13.0 Å². The fraction of sp³-hybridized carbons (Fsp3) is 0.583. The molecular weight excluding hydrogens is 188 g/mol. The van der Waals surface area contributed by atoms with Crippen molar-refractivity contribution in [3.63, 3.8) is 0 Å². The summed E-state index contributed by atoms with van der Waals surface area (Å²) in [4.78, 5) is 4.39. The normalized spacial score (nSPS) is 17.7. The largest absolute Gasteiger partial charge is 0.381 e. The van der Waals surface area contributed by atoms with Crippen molar-refractivity contribution < 1.29 is 4.74 Å². The van der Waals surface area contributed by atoms with Crippen LogP contribution in [-0.4, -0.2) is 24.2 Å². The molecule has 0 spiro atoms. The molecule has 3 heteroatoms. The van der Waals surface area contributed by atoms with E-state index in [0.29, 0.717) is 6.04 Å². The first-order valence-corrected chi connectivity index (χ1v) is 5.68. The Morgan fingerprint density at radius 1 is 1.47 bits per heavy atom. The molecular formula is C12H18N2O. The predicted octanol–water partition coefficient (Wildman–Crippen LogP) is 2.23. The van der Waals surface area contributed by atoms with Crippen LogP contribution in [0.4, 0.5) is 5.82 Å². The molecule has 1 N–H and O–H groups in total. The number of hydrogen-bond donors (Lipinski definition) is 1. The van der Waals surface area contributed by atoms with Gasteiger partial charge in [0, 0.05) is 25.5 Å². The maximum atomic E-state index is 5.33. The van der Waals surface area contributed by atoms with Crippen LogP contribution in [-0.2, 0) is 11.2 Å². The van der Waals surface area contributed by atoms with Gasteiger partial charge in [-0.2, -0.15) is 0 Å². The van der Waals surface area contributed by atoms with Crippen molar-refractivity contribution in [2.24, 2.45) is 0 Å². The smallest absolute Gasteiger partial charge is 0.129 e. The number of aromatic nitrogens is 1. The van der Waals surface area contributed by atoms with Gasteiger partial charge >= 0.3 is 0 Å². The van der Waals surface area contributed by atoms with Gasteiger partial charge in [0.1, 0.15) is 5.82 Å². The lowest BCUT2D eigenvalue weighted by Crippen LogP contribution is -2.28. The Labute approximate surface area is 90.9 Å². The van der Waals surface area contributed by atoms with Crippen molar-refractivity contribution >= 4 is 5.82 Å². The summed E-state index contributed by atoms with van der Waals surface area (Å²) in [5, 5.41) is 3.51. The Hall–Kier alpha value is -1.09. The third-order valence-electron chi connectivity index (χ3n) is 2.83. The number of nitrogens with one attached hydrogen (secondary N) is 1. The van der Waals surface area contributed by atoms with Gasteiger partial charge in [-0.15, -0.1) is 0 Å². The first-order valence-electron chi connectivity index (χ1n) is 5.68. The number of rotatable bonds is 3. The molecule has 0 aliphatic carbocycles. The van der Waals surface area contributed by atoms with Crippen molar-refractivity contribution in [1.82, 2.24) is 4.98 Å². The molecule has 3 nitrogen and oxygen atoms in total. The summed E-state index contributed by atoms with van der Waals surface area (Å²) in [6, 6.07) is 4.65. The summed E-state index contributed by atoms with van der Waals surface area (Å²) in [5.74, 6) is 1.05. The van der Waals surface area contributed by atoms with E-state index in [1.165, 1.54) is 5.56 Å². The van der Waals surface area contributed by atoms with Crippen LogP contribution in [0, 0.1) is 0 Å². The second-order valence-electron chi connectivity index (χ2n) is 3.90. The molecule has 0 amide bonds. The van der Waals surface area contributed by atoms with Crippen LogP contribution < -0.4 is 5.32 Å². The van der Waals surface area contributed by atoms with E-state index in [4.69, 9.17) is 4.74 Å². The number of pyridine rings is 1. The second kappa shape index (κ2) is 5.12. The standard InChI is InChI=1S/C12H18N2O/c1-2-10-4-3-7-13-12(10)14-11-5-8-15-9-6-11/h3-4,7,11H,2,5-6,8-9H2,1H3,(H,13,14). The van der Waals surface area contributed by atoms with Gasteiger partial charge in [-0.25, -0.2) is 4.98 Å². The molecule has 0 radical (unpaired) electrons. The Bertz CT molecular complexity index is 308. The van der Waals surface area contributed by atoms with Crippen LogP contribution in [0.25, 0.3) is 0 Å². The van der Waals surface area contributed by atoms with Crippen molar-refractivity contribution in [1.29, 1.82) is 0 Å². The molecule has 0 bridgehead atoms. The van der Waals surface area contributed by atoms with Crippen LogP contribution in [0.3, 0.4) is 0 Å². The van der Waals surface area contributed by atoms with E-state index in [1.807, 2.05) is 12.3 Å². The molecule has 0 atom stereocenters. The maximum absolute atomic E-state index is 5.33. The van der Waals surface area contributed by atoms with E-state index < -0.39 is 0 Å². The van der Waals surface area contributed by atoms with Gasteiger partial charge in [0.25, 0.3) is 0 Å². The summed E-state index contributed by atoms with van der Waals surface area (Å²) in [7, 11) is 0. The van der Waals surface area contributed by atoms with Gasteiger partial charge < -0.3 is 10.1 Å². The summed E-state index contributed by atoms with van der Waals surface area (Å²) in [5.41, 5.74) is 1.30. The van der Waals surface area contributed by atoms with Gasteiger partial charge in [0.15, 0.2) is 0 Å². The van der Waals surface area contributed by atoms with Gasteiger partial charge in [0.05, 0.1) is 0 Å². The van der Waals surface area contributed by atoms with Crippen LogP contribution in [0.1, 0.15) is 25.3 Å². The minimum absolute atomic E-state index is 0.527. The molecule has 0 saturated carbocycles.